The van der Waals surface area contributed by atoms with Crippen LogP contribution < -0.4 is 14.8 Å². The number of hydrogen-bond donors (Lipinski definition) is 1. The molecule has 0 bridgehead atoms. The van der Waals surface area contributed by atoms with Crippen molar-refractivity contribution < 1.29 is 14.3 Å². The Morgan fingerprint density at radius 3 is 1.88 bits per heavy atom. The maximum Gasteiger partial charge on any atom is 0.229 e. The van der Waals surface area contributed by atoms with Crippen molar-refractivity contribution in [3.8, 4) is 11.5 Å². The van der Waals surface area contributed by atoms with E-state index in [1.54, 1.807) is 32.4 Å². The monoisotopic (exact) mass is 237 g/mol. The molecule has 0 aliphatic heterocycles. The lowest BCUT2D eigenvalue weighted by molar-refractivity contribution is -0.123. The molecule has 94 valence electrons. The molecule has 1 N–H and O–H groups in total. The number of ether oxygens (including phenoxy) is 2. The van der Waals surface area contributed by atoms with Gasteiger partial charge >= 0.3 is 0 Å². The SMILES string of the molecule is COc1cc(NC(=O)C(C)(C)C)cc(OC)c1. The van der Waals surface area contributed by atoms with Crippen molar-refractivity contribution in [1.82, 2.24) is 0 Å². The van der Waals surface area contributed by atoms with E-state index in [1.807, 2.05) is 20.8 Å². The van der Waals surface area contributed by atoms with Crippen LogP contribution in [0, 0.1) is 5.41 Å². The lowest BCUT2D eigenvalue weighted by Crippen LogP contribution is -2.27. The minimum absolute atomic E-state index is 0.0483. The molecule has 1 aromatic carbocycles. The zero-order valence-corrected chi connectivity index (χ0v) is 11.0. The van der Waals surface area contributed by atoms with Gasteiger partial charge in [0.15, 0.2) is 0 Å². The van der Waals surface area contributed by atoms with Crippen molar-refractivity contribution in [2.45, 2.75) is 20.8 Å². The molecule has 4 nitrogen and oxygen atoms in total. The molecular formula is C13H19NO3. The number of carbonyl (C=O) groups is 1. The van der Waals surface area contributed by atoms with Crippen molar-refractivity contribution in [2.75, 3.05) is 19.5 Å². The fourth-order valence-electron chi connectivity index (χ4n) is 1.20. The Morgan fingerprint density at radius 1 is 1.06 bits per heavy atom. The smallest absolute Gasteiger partial charge is 0.229 e. The summed E-state index contributed by atoms with van der Waals surface area (Å²) >= 11 is 0. The van der Waals surface area contributed by atoms with Crippen LogP contribution in [0.1, 0.15) is 20.8 Å². The molecule has 17 heavy (non-hydrogen) atoms. The molecule has 0 aliphatic carbocycles. The first kappa shape index (κ1) is 13.4. The second-order valence-electron chi connectivity index (χ2n) is 4.81. The molecule has 0 saturated heterocycles. The van der Waals surface area contributed by atoms with Gasteiger partial charge in [0.05, 0.1) is 14.2 Å². The van der Waals surface area contributed by atoms with Gasteiger partial charge in [0, 0.05) is 29.3 Å². The standard InChI is InChI=1S/C13H19NO3/c1-13(2,3)12(15)14-9-6-10(16-4)8-11(7-9)17-5/h6-8H,1-5H3,(H,14,15). The van der Waals surface area contributed by atoms with Crippen LogP contribution in [0.2, 0.25) is 0 Å². The van der Waals surface area contributed by atoms with E-state index in [2.05, 4.69) is 5.32 Å². The van der Waals surface area contributed by atoms with E-state index >= 15 is 0 Å². The highest BCUT2D eigenvalue weighted by Crippen LogP contribution is 2.27. The summed E-state index contributed by atoms with van der Waals surface area (Å²) in [6, 6.07) is 5.27. The lowest BCUT2D eigenvalue weighted by Gasteiger charge is -2.18. The zero-order valence-electron chi connectivity index (χ0n) is 11.0. The van der Waals surface area contributed by atoms with Crippen LogP contribution in [0.25, 0.3) is 0 Å². The van der Waals surface area contributed by atoms with Crippen LogP contribution in [0.5, 0.6) is 11.5 Å². The Labute approximate surface area is 102 Å². The van der Waals surface area contributed by atoms with E-state index < -0.39 is 5.41 Å². The van der Waals surface area contributed by atoms with Gasteiger partial charge < -0.3 is 14.8 Å². The topological polar surface area (TPSA) is 47.6 Å². The van der Waals surface area contributed by atoms with Crippen molar-refractivity contribution in [3.05, 3.63) is 18.2 Å². The summed E-state index contributed by atoms with van der Waals surface area (Å²) in [5.41, 5.74) is 0.233. The molecule has 0 unspecified atom stereocenters. The second kappa shape index (κ2) is 5.08. The van der Waals surface area contributed by atoms with Crippen molar-refractivity contribution in [3.63, 3.8) is 0 Å². The minimum atomic E-state index is -0.434. The maximum absolute atomic E-state index is 11.8. The molecule has 0 fully saturated rings. The summed E-state index contributed by atoms with van der Waals surface area (Å²) in [5, 5.41) is 2.83. The molecule has 0 aromatic heterocycles. The molecule has 4 heteroatoms. The van der Waals surface area contributed by atoms with E-state index in [-0.39, 0.29) is 5.91 Å². The quantitative estimate of drug-likeness (QED) is 0.879. The second-order valence-corrected chi connectivity index (χ2v) is 4.81. The van der Waals surface area contributed by atoms with Gasteiger partial charge in [-0.15, -0.1) is 0 Å². The predicted molar refractivity (Wildman–Crippen MR) is 67.6 cm³/mol. The highest BCUT2D eigenvalue weighted by molar-refractivity contribution is 5.94. The number of rotatable bonds is 3. The van der Waals surface area contributed by atoms with Gasteiger partial charge in [-0.05, 0) is 0 Å². The number of benzene rings is 1. The average Bonchev–Trinajstić information content (AvgIpc) is 2.27. The van der Waals surface area contributed by atoms with Gasteiger partial charge in [0.2, 0.25) is 5.91 Å². The molecule has 1 amide bonds. The van der Waals surface area contributed by atoms with Gasteiger partial charge in [-0.2, -0.15) is 0 Å². The van der Waals surface area contributed by atoms with Gasteiger partial charge in [-0.1, -0.05) is 20.8 Å². The summed E-state index contributed by atoms with van der Waals surface area (Å²) in [6.45, 7) is 5.58. The summed E-state index contributed by atoms with van der Waals surface area (Å²) in [7, 11) is 3.15. The first-order valence-electron chi connectivity index (χ1n) is 5.41. The Balaban J connectivity index is 2.94. The third-order valence-corrected chi connectivity index (χ3v) is 2.29. The molecular weight excluding hydrogens is 218 g/mol. The summed E-state index contributed by atoms with van der Waals surface area (Å²) in [4.78, 5) is 11.8. The Kier molecular flexibility index (Phi) is 3.99. The van der Waals surface area contributed by atoms with Crippen LogP contribution >= 0.6 is 0 Å². The number of nitrogens with one attached hydrogen (secondary N) is 1. The van der Waals surface area contributed by atoms with Crippen molar-refractivity contribution in [1.29, 1.82) is 0 Å². The third-order valence-electron chi connectivity index (χ3n) is 2.29. The third kappa shape index (κ3) is 3.66. The van der Waals surface area contributed by atoms with E-state index in [1.165, 1.54) is 0 Å². The summed E-state index contributed by atoms with van der Waals surface area (Å²) in [6.07, 6.45) is 0. The molecule has 0 aliphatic rings. The minimum Gasteiger partial charge on any atom is -0.497 e. The first-order chi connectivity index (χ1) is 7.86. The van der Waals surface area contributed by atoms with Crippen LogP contribution in [-0.2, 0) is 4.79 Å². The zero-order chi connectivity index (χ0) is 13.1. The van der Waals surface area contributed by atoms with Crippen LogP contribution in [0.4, 0.5) is 5.69 Å². The number of anilines is 1. The van der Waals surface area contributed by atoms with Crippen LogP contribution in [0.3, 0.4) is 0 Å². The molecule has 1 rings (SSSR count). The molecule has 0 saturated carbocycles. The molecule has 0 spiro atoms. The first-order valence-corrected chi connectivity index (χ1v) is 5.41. The predicted octanol–water partition coefficient (Wildman–Crippen LogP) is 2.69. The van der Waals surface area contributed by atoms with E-state index in [0.717, 1.165) is 0 Å². The van der Waals surface area contributed by atoms with Gasteiger partial charge in [-0.25, -0.2) is 0 Å². The molecule has 0 atom stereocenters. The number of carbonyl (C=O) groups excluding carboxylic acids is 1. The summed E-state index contributed by atoms with van der Waals surface area (Å²) in [5.74, 6) is 1.25. The van der Waals surface area contributed by atoms with Crippen molar-refractivity contribution in [2.24, 2.45) is 5.41 Å². The number of amides is 1. The Bertz CT molecular complexity index is 385. The molecule has 0 radical (unpaired) electrons. The fourth-order valence-corrected chi connectivity index (χ4v) is 1.20. The summed E-state index contributed by atoms with van der Waals surface area (Å²) < 4.78 is 10.3. The highest BCUT2D eigenvalue weighted by Gasteiger charge is 2.21. The maximum atomic E-state index is 11.8. The molecule has 1 aromatic rings. The Hall–Kier alpha value is -1.71. The fraction of sp³-hybridized carbons (Fsp3) is 0.462. The highest BCUT2D eigenvalue weighted by atomic mass is 16.5. The number of hydrogen-bond acceptors (Lipinski definition) is 3. The van der Waals surface area contributed by atoms with Gasteiger partial charge in [0.1, 0.15) is 11.5 Å². The van der Waals surface area contributed by atoms with Crippen LogP contribution in [-0.4, -0.2) is 20.1 Å². The number of methoxy groups -OCH3 is 2. The average molecular weight is 237 g/mol. The van der Waals surface area contributed by atoms with Crippen molar-refractivity contribution >= 4 is 11.6 Å². The molecule has 0 heterocycles. The van der Waals surface area contributed by atoms with E-state index in [4.69, 9.17) is 9.47 Å². The van der Waals surface area contributed by atoms with E-state index in [9.17, 15) is 4.79 Å². The van der Waals surface area contributed by atoms with Gasteiger partial charge in [-0.3, -0.25) is 4.79 Å². The van der Waals surface area contributed by atoms with E-state index in [0.29, 0.717) is 17.2 Å². The van der Waals surface area contributed by atoms with Gasteiger partial charge in [0.25, 0.3) is 0 Å². The normalized spacial score (nSPS) is 10.9. The largest absolute Gasteiger partial charge is 0.497 e. The lowest BCUT2D eigenvalue weighted by atomic mass is 9.95. The Morgan fingerprint density at radius 2 is 1.53 bits per heavy atom. The van der Waals surface area contributed by atoms with Crippen LogP contribution in [0.15, 0.2) is 18.2 Å².